The fraction of sp³-hybridized carbons (Fsp3) is 0.724. The van der Waals surface area contributed by atoms with Crippen LogP contribution in [0.3, 0.4) is 0 Å². The van der Waals surface area contributed by atoms with E-state index in [-0.39, 0.29) is 6.10 Å². The van der Waals surface area contributed by atoms with Crippen LogP contribution >= 0.6 is 0 Å². The molecule has 0 aliphatic heterocycles. The Kier molecular flexibility index (Phi) is 11.1. The highest BCUT2D eigenvalue weighted by Gasteiger charge is 2.27. The molecule has 0 aromatic heterocycles. The van der Waals surface area contributed by atoms with Crippen LogP contribution in [0.15, 0.2) is 24.3 Å². The summed E-state index contributed by atoms with van der Waals surface area (Å²) in [6.07, 6.45) is 18.0. The Balaban J connectivity index is 1.33. The normalized spacial score (nSPS) is 23.1. The van der Waals surface area contributed by atoms with E-state index >= 15 is 0 Å². The molecule has 179 valence electrons. The van der Waals surface area contributed by atoms with Gasteiger partial charge in [-0.05, 0) is 93.6 Å². The molecule has 0 spiro atoms. The molecule has 0 bridgehead atoms. The lowest BCUT2D eigenvalue weighted by Crippen LogP contribution is -2.28. The van der Waals surface area contributed by atoms with Crippen LogP contribution in [0.25, 0.3) is 0 Å². The Labute approximate surface area is 195 Å². The van der Waals surface area contributed by atoms with Crippen LogP contribution in [-0.4, -0.2) is 18.2 Å². The zero-order chi connectivity index (χ0) is 22.6. The Morgan fingerprint density at radius 3 is 2.34 bits per heavy atom. The molecule has 32 heavy (non-hydrogen) atoms. The van der Waals surface area contributed by atoms with E-state index in [0.717, 1.165) is 50.9 Å². The van der Waals surface area contributed by atoms with Gasteiger partial charge in [0.1, 0.15) is 6.10 Å². The smallest absolute Gasteiger partial charge is 0.340 e. The average molecular weight is 444 g/mol. The second kappa shape index (κ2) is 14.0. The van der Waals surface area contributed by atoms with Crippen LogP contribution in [0.1, 0.15) is 120 Å². The minimum absolute atomic E-state index is 0.107. The molecule has 1 aromatic rings. The van der Waals surface area contributed by atoms with Crippen molar-refractivity contribution in [3.8, 4) is 0 Å². The van der Waals surface area contributed by atoms with Crippen LogP contribution in [0.5, 0.6) is 0 Å². The molecular formula is C29H44FO2. The third-order valence-electron chi connectivity index (χ3n) is 7.62. The van der Waals surface area contributed by atoms with Gasteiger partial charge in [0.05, 0.1) is 0 Å². The Bertz CT molecular complexity index is 642. The summed E-state index contributed by atoms with van der Waals surface area (Å²) in [7, 11) is 0. The standard InChI is InChI=1S/C29H44FO2/c1-2-3-4-5-9-12-28(30)29(31)32-27-21-19-26(20-22-27)25-17-15-24(16-18-25)14-13-23-10-7-6-8-11-23/h6,15-18,23,26-28H,2-5,7-14,19-22H2,1H3/t26?,27?,28-/m0/s1. The molecule has 1 radical (unpaired) electrons. The van der Waals surface area contributed by atoms with E-state index in [1.54, 1.807) is 0 Å². The molecule has 3 rings (SSSR count). The van der Waals surface area contributed by atoms with Crippen LogP contribution in [0.2, 0.25) is 0 Å². The first kappa shape index (κ1) is 25.2. The van der Waals surface area contributed by atoms with Crippen molar-refractivity contribution in [2.24, 2.45) is 5.92 Å². The van der Waals surface area contributed by atoms with Gasteiger partial charge in [0.15, 0.2) is 6.17 Å². The quantitative estimate of drug-likeness (QED) is 0.240. The third-order valence-corrected chi connectivity index (χ3v) is 7.62. The zero-order valence-corrected chi connectivity index (χ0v) is 20.2. The van der Waals surface area contributed by atoms with Gasteiger partial charge in [-0.2, -0.15) is 0 Å². The highest BCUT2D eigenvalue weighted by Crippen LogP contribution is 2.35. The van der Waals surface area contributed by atoms with E-state index in [0.29, 0.717) is 12.3 Å². The average Bonchev–Trinajstić information content (AvgIpc) is 2.84. The van der Waals surface area contributed by atoms with Gasteiger partial charge in [0.2, 0.25) is 0 Å². The SMILES string of the molecule is CCCCCCC[C@H](F)C(=O)OC1CCC(c2ccc(CCC3CC[CH]CC3)cc2)CC1. The van der Waals surface area contributed by atoms with Gasteiger partial charge >= 0.3 is 5.97 Å². The molecule has 2 nitrogen and oxygen atoms in total. The van der Waals surface area contributed by atoms with Crippen LogP contribution in [0.4, 0.5) is 4.39 Å². The van der Waals surface area contributed by atoms with Gasteiger partial charge in [0, 0.05) is 0 Å². The van der Waals surface area contributed by atoms with Crippen LogP contribution in [-0.2, 0) is 16.0 Å². The number of unbranched alkanes of at least 4 members (excludes halogenated alkanes) is 4. The molecule has 2 fully saturated rings. The number of hydrogen-bond acceptors (Lipinski definition) is 2. The summed E-state index contributed by atoms with van der Waals surface area (Å²) in [4.78, 5) is 12.1. The summed E-state index contributed by atoms with van der Waals surface area (Å²) in [5, 5.41) is 0. The maximum Gasteiger partial charge on any atom is 0.340 e. The third kappa shape index (κ3) is 8.52. The summed E-state index contributed by atoms with van der Waals surface area (Å²) in [5.41, 5.74) is 2.86. The van der Waals surface area contributed by atoms with Crippen molar-refractivity contribution < 1.29 is 13.9 Å². The zero-order valence-electron chi connectivity index (χ0n) is 20.2. The van der Waals surface area contributed by atoms with Crippen molar-refractivity contribution in [3.05, 3.63) is 41.8 Å². The Hall–Kier alpha value is -1.38. The molecule has 2 saturated carbocycles. The second-order valence-electron chi connectivity index (χ2n) is 10.2. The molecule has 0 unspecified atom stereocenters. The fourth-order valence-electron chi connectivity index (χ4n) is 5.41. The molecule has 2 aliphatic carbocycles. The molecule has 2 aliphatic rings. The van der Waals surface area contributed by atoms with Gasteiger partial charge in [-0.3, -0.25) is 0 Å². The first-order valence-corrected chi connectivity index (χ1v) is 13.4. The lowest BCUT2D eigenvalue weighted by atomic mass is 9.82. The Morgan fingerprint density at radius 2 is 1.66 bits per heavy atom. The number of alkyl halides is 1. The van der Waals surface area contributed by atoms with Crippen LogP contribution in [0, 0.1) is 12.3 Å². The van der Waals surface area contributed by atoms with Crippen molar-refractivity contribution in [1.29, 1.82) is 0 Å². The summed E-state index contributed by atoms with van der Waals surface area (Å²) < 4.78 is 19.7. The maximum atomic E-state index is 14.1. The van der Waals surface area contributed by atoms with Crippen LogP contribution < -0.4 is 0 Å². The minimum atomic E-state index is -1.45. The lowest BCUT2D eigenvalue weighted by molar-refractivity contribution is -0.157. The number of ether oxygens (including phenoxy) is 1. The molecule has 0 saturated heterocycles. The monoisotopic (exact) mass is 443 g/mol. The van der Waals surface area contributed by atoms with E-state index in [1.165, 1.54) is 62.5 Å². The van der Waals surface area contributed by atoms with E-state index in [4.69, 9.17) is 4.74 Å². The van der Waals surface area contributed by atoms with Gasteiger partial charge < -0.3 is 4.74 Å². The van der Waals surface area contributed by atoms with Gasteiger partial charge in [-0.15, -0.1) is 0 Å². The molecule has 1 atom stereocenters. The summed E-state index contributed by atoms with van der Waals surface area (Å²) in [6, 6.07) is 9.23. The van der Waals surface area contributed by atoms with E-state index in [1.807, 2.05) is 0 Å². The highest BCUT2D eigenvalue weighted by molar-refractivity contribution is 5.74. The minimum Gasteiger partial charge on any atom is -0.460 e. The number of esters is 1. The predicted molar refractivity (Wildman–Crippen MR) is 130 cm³/mol. The number of benzene rings is 1. The second-order valence-corrected chi connectivity index (χ2v) is 10.2. The van der Waals surface area contributed by atoms with Gasteiger partial charge in [-0.1, -0.05) is 69.7 Å². The molecule has 0 heterocycles. The lowest BCUT2D eigenvalue weighted by Gasteiger charge is -2.29. The van der Waals surface area contributed by atoms with E-state index in [2.05, 4.69) is 37.6 Å². The largest absolute Gasteiger partial charge is 0.460 e. The number of carbonyl (C=O) groups is 1. The van der Waals surface area contributed by atoms with E-state index < -0.39 is 12.1 Å². The van der Waals surface area contributed by atoms with Crippen molar-refractivity contribution in [2.45, 2.75) is 128 Å². The maximum absolute atomic E-state index is 14.1. The molecule has 0 N–H and O–H groups in total. The number of halogens is 1. The van der Waals surface area contributed by atoms with Crippen molar-refractivity contribution in [2.75, 3.05) is 0 Å². The predicted octanol–water partition coefficient (Wildman–Crippen LogP) is 8.28. The number of rotatable bonds is 12. The molecule has 0 amide bonds. The van der Waals surface area contributed by atoms with Gasteiger partial charge in [0.25, 0.3) is 0 Å². The molecule has 1 aromatic carbocycles. The fourth-order valence-corrected chi connectivity index (χ4v) is 5.41. The summed E-state index contributed by atoms with van der Waals surface area (Å²) in [5.74, 6) is 0.805. The van der Waals surface area contributed by atoms with Crippen molar-refractivity contribution in [3.63, 3.8) is 0 Å². The first-order valence-electron chi connectivity index (χ1n) is 13.4. The Morgan fingerprint density at radius 1 is 0.969 bits per heavy atom. The van der Waals surface area contributed by atoms with Gasteiger partial charge in [-0.25, -0.2) is 9.18 Å². The molecule has 3 heteroatoms. The number of aryl methyl sites for hydroxylation is 1. The summed E-state index contributed by atoms with van der Waals surface area (Å²) >= 11 is 0. The number of carbonyl (C=O) groups excluding carboxylic acids is 1. The summed E-state index contributed by atoms with van der Waals surface area (Å²) in [6.45, 7) is 2.16. The topological polar surface area (TPSA) is 26.3 Å². The highest BCUT2D eigenvalue weighted by atomic mass is 19.1. The number of hydrogen-bond donors (Lipinski definition) is 0. The first-order chi connectivity index (χ1) is 15.7. The van der Waals surface area contributed by atoms with E-state index in [9.17, 15) is 9.18 Å². The van der Waals surface area contributed by atoms with Crippen molar-refractivity contribution >= 4 is 5.97 Å². The molecular weight excluding hydrogens is 399 g/mol. The van der Waals surface area contributed by atoms with Crippen molar-refractivity contribution in [1.82, 2.24) is 0 Å².